The van der Waals surface area contributed by atoms with Crippen LogP contribution in [0, 0.1) is 0 Å². The number of halogens is 2. The molecule has 0 amide bonds. The van der Waals surface area contributed by atoms with Crippen molar-refractivity contribution in [3.63, 3.8) is 0 Å². The number of rotatable bonds is 2. The minimum atomic E-state index is -0.224. The van der Waals surface area contributed by atoms with Gasteiger partial charge in [-0.2, -0.15) is 0 Å². The van der Waals surface area contributed by atoms with E-state index >= 15 is 0 Å². The molecule has 8 heteroatoms. The van der Waals surface area contributed by atoms with Gasteiger partial charge in [0.2, 0.25) is 0 Å². The predicted octanol–water partition coefficient (Wildman–Crippen LogP) is 5.50. The number of fused-ring (bicyclic) bond motifs is 1. The van der Waals surface area contributed by atoms with Crippen molar-refractivity contribution in [1.29, 1.82) is 0 Å². The number of aliphatic imine (C=N–C) groups is 1. The van der Waals surface area contributed by atoms with Gasteiger partial charge in [0.05, 0.1) is 27.5 Å². The Morgan fingerprint density at radius 2 is 2.15 bits per heavy atom. The molecule has 0 unspecified atom stereocenters. The van der Waals surface area contributed by atoms with Gasteiger partial charge in [-0.3, -0.25) is 14.6 Å². The van der Waals surface area contributed by atoms with Crippen LogP contribution in [-0.4, -0.2) is 27.0 Å². The molecule has 2 aliphatic heterocycles. The van der Waals surface area contributed by atoms with E-state index in [1.165, 1.54) is 0 Å². The highest BCUT2D eigenvalue weighted by molar-refractivity contribution is 8.14. The Hall–Kier alpha value is -1.21. The van der Waals surface area contributed by atoms with Crippen molar-refractivity contribution < 1.29 is 4.74 Å². The van der Waals surface area contributed by atoms with Crippen molar-refractivity contribution >= 4 is 45.8 Å². The smallest absolute Gasteiger partial charge is 0.271 e. The Kier molecular flexibility index (Phi) is 4.95. The van der Waals surface area contributed by atoms with Gasteiger partial charge < -0.3 is 4.74 Å². The summed E-state index contributed by atoms with van der Waals surface area (Å²) in [5, 5.41) is 4.85. The predicted molar refractivity (Wildman–Crippen MR) is 112 cm³/mol. The molecule has 0 bridgehead atoms. The van der Waals surface area contributed by atoms with Gasteiger partial charge in [0.25, 0.3) is 5.56 Å². The zero-order chi connectivity index (χ0) is 19.3. The molecule has 144 valence electrons. The molecule has 1 fully saturated rings. The molecule has 0 spiro atoms. The third-order valence-electron chi connectivity index (χ3n) is 5.03. The van der Waals surface area contributed by atoms with Crippen LogP contribution in [0.5, 0.6) is 0 Å². The molecule has 0 saturated carbocycles. The number of hydrogen-bond acceptors (Lipinski definition) is 4. The van der Waals surface area contributed by atoms with Gasteiger partial charge in [0.15, 0.2) is 5.82 Å². The Balaban J connectivity index is 1.82. The van der Waals surface area contributed by atoms with E-state index < -0.39 is 0 Å². The van der Waals surface area contributed by atoms with Crippen LogP contribution in [0.15, 0.2) is 28.0 Å². The number of thioether (sulfide) groups is 1. The van der Waals surface area contributed by atoms with Gasteiger partial charge in [0, 0.05) is 16.7 Å². The molecule has 1 aromatic heterocycles. The third kappa shape index (κ3) is 3.60. The van der Waals surface area contributed by atoms with E-state index in [0.717, 1.165) is 23.4 Å². The second kappa shape index (κ2) is 6.99. The van der Waals surface area contributed by atoms with Gasteiger partial charge >= 0.3 is 0 Å². The summed E-state index contributed by atoms with van der Waals surface area (Å²) in [7, 11) is 0. The van der Waals surface area contributed by atoms with E-state index in [4.69, 9.17) is 32.9 Å². The SMILES string of the molecule is CC1=Nc2c(c(=O)[nH]n2[C@@H]2CCOC(C)(C)C2)[C@@H](c2ccc(Cl)cc2Cl)S1. The minimum Gasteiger partial charge on any atom is -0.375 e. The summed E-state index contributed by atoms with van der Waals surface area (Å²) in [6.07, 6.45) is 1.66. The quantitative estimate of drug-likeness (QED) is 0.690. The Morgan fingerprint density at radius 1 is 1.37 bits per heavy atom. The maximum absolute atomic E-state index is 12.9. The summed E-state index contributed by atoms with van der Waals surface area (Å²) in [6.45, 7) is 6.78. The first-order chi connectivity index (χ1) is 12.7. The molecule has 0 radical (unpaired) electrons. The lowest BCUT2D eigenvalue weighted by Gasteiger charge is -2.36. The Labute approximate surface area is 172 Å². The first-order valence-electron chi connectivity index (χ1n) is 8.90. The average Bonchev–Trinajstić information content (AvgIpc) is 2.90. The van der Waals surface area contributed by atoms with Crippen molar-refractivity contribution in [2.75, 3.05) is 6.61 Å². The second-order valence-electron chi connectivity index (χ2n) is 7.60. The molecular weight excluding hydrogens is 405 g/mol. The lowest BCUT2D eigenvalue weighted by molar-refractivity contribution is -0.0705. The number of aromatic amines is 1. The molecule has 2 atom stereocenters. The van der Waals surface area contributed by atoms with Crippen LogP contribution in [-0.2, 0) is 4.74 Å². The second-order valence-corrected chi connectivity index (χ2v) is 9.74. The number of H-pyrrole nitrogens is 1. The lowest BCUT2D eigenvalue weighted by Crippen LogP contribution is -2.35. The topological polar surface area (TPSA) is 59.4 Å². The van der Waals surface area contributed by atoms with Crippen molar-refractivity contribution in [3.05, 3.63) is 49.7 Å². The number of nitrogens with zero attached hydrogens (tertiary/aromatic N) is 2. The van der Waals surface area contributed by atoms with E-state index in [9.17, 15) is 4.79 Å². The van der Waals surface area contributed by atoms with E-state index in [1.54, 1.807) is 23.9 Å². The average molecular weight is 426 g/mol. The van der Waals surface area contributed by atoms with Gasteiger partial charge in [0.1, 0.15) is 0 Å². The van der Waals surface area contributed by atoms with Crippen LogP contribution >= 0.6 is 35.0 Å². The van der Waals surface area contributed by atoms with Crippen LogP contribution in [0.4, 0.5) is 5.82 Å². The molecule has 1 N–H and O–H groups in total. The summed E-state index contributed by atoms with van der Waals surface area (Å²) in [4.78, 5) is 17.6. The minimum absolute atomic E-state index is 0.117. The highest BCUT2D eigenvalue weighted by Gasteiger charge is 2.36. The van der Waals surface area contributed by atoms with Gasteiger partial charge in [-0.1, -0.05) is 41.0 Å². The van der Waals surface area contributed by atoms with Gasteiger partial charge in [-0.15, -0.1) is 0 Å². The third-order valence-corrected chi connectivity index (χ3v) is 6.75. The largest absolute Gasteiger partial charge is 0.375 e. The molecule has 4 rings (SSSR count). The van der Waals surface area contributed by atoms with E-state index in [1.807, 2.05) is 17.7 Å². The summed E-state index contributed by atoms with van der Waals surface area (Å²) in [5.74, 6) is 0.704. The fourth-order valence-electron chi connectivity index (χ4n) is 3.83. The molecule has 5 nitrogen and oxygen atoms in total. The zero-order valence-corrected chi connectivity index (χ0v) is 17.7. The molecule has 0 aliphatic carbocycles. The van der Waals surface area contributed by atoms with Crippen molar-refractivity contribution in [1.82, 2.24) is 9.78 Å². The van der Waals surface area contributed by atoms with Gasteiger partial charge in [-0.25, -0.2) is 4.99 Å². The molecule has 1 saturated heterocycles. The zero-order valence-electron chi connectivity index (χ0n) is 15.4. The number of ether oxygens (including phenoxy) is 1. The summed E-state index contributed by atoms with van der Waals surface area (Å²) in [6, 6.07) is 5.55. The number of aromatic nitrogens is 2. The highest BCUT2D eigenvalue weighted by Crippen LogP contribution is 2.47. The van der Waals surface area contributed by atoms with E-state index in [0.29, 0.717) is 28.0 Å². The van der Waals surface area contributed by atoms with Crippen LogP contribution in [0.1, 0.15) is 56.0 Å². The Morgan fingerprint density at radius 3 is 2.85 bits per heavy atom. The lowest BCUT2D eigenvalue weighted by atomic mass is 9.94. The molecule has 27 heavy (non-hydrogen) atoms. The first kappa shape index (κ1) is 19.1. The van der Waals surface area contributed by atoms with Crippen LogP contribution < -0.4 is 5.56 Å². The van der Waals surface area contributed by atoms with Gasteiger partial charge in [-0.05, 0) is 51.3 Å². The molecule has 2 aliphatic rings. The van der Waals surface area contributed by atoms with Crippen LogP contribution in [0.2, 0.25) is 10.0 Å². The molecule has 1 aromatic carbocycles. The van der Waals surface area contributed by atoms with E-state index in [-0.39, 0.29) is 22.5 Å². The van der Waals surface area contributed by atoms with Crippen molar-refractivity contribution in [2.24, 2.45) is 4.99 Å². The number of benzene rings is 1. The fourth-order valence-corrected chi connectivity index (χ4v) is 5.55. The monoisotopic (exact) mass is 425 g/mol. The number of nitrogens with one attached hydrogen (secondary N) is 1. The maximum atomic E-state index is 12.9. The number of hydrogen-bond donors (Lipinski definition) is 1. The fraction of sp³-hybridized carbons (Fsp3) is 0.474. The van der Waals surface area contributed by atoms with E-state index in [2.05, 4.69) is 18.9 Å². The maximum Gasteiger partial charge on any atom is 0.271 e. The first-order valence-corrected chi connectivity index (χ1v) is 10.5. The molecular formula is C19H21Cl2N3O2S. The van der Waals surface area contributed by atoms with Crippen molar-refractivity contribution in [2.45, 2.75) is 50.5 Å². The van der Waals surface area contributed by atoms with Crippen LogP contribution in [0.3, 0.4) is 0 Å². The normalized spacial score (nSPS) is 24.4. The highest BCUT2D eigenvalue weighted by atomic mass is 35.5. The Bertz CT molecular complexity index is 980. The summed E-state index contributed by atoms with van der Waals surface area (Å²) < 4.78 is 7.76. The standard InChI is InChI=1S/C19H21Cl2N3O2S/c1-10-22-17-15(16(27-10)13-5-4-11(20)8-14(13)21)18(25)23-24(17)12-6-7-26-19(2,3)9-12/h4-5,8,12,16H,6-7,9H2,1-3H3,(H,23,25)/t12-,16-/m1/s1. The summed E-state index contributed by atoms with van der Waals surface area (Å²) >= 11 is 14.0. The molecule has 3 heterocycles. The van der Waals surface area contributed by atoms with Crippen LogP contribution in [0.25, 0.3) is 0 Å². The summed E-state index contributed by atoms with van der Waals surface area (Å²) in [5.41, 5.74) is 1.18. The van der Waals surface area contributed by atoms with Crippen molar-refractivity contribution in [3.8, 4) is 0 Å². The molecule has 2 aromatic rings.